The average Bonchev–Trinajstić information content (AvgIpc) is 2.98. The Labute approximate surface area is 127 Å². The van der Waals surface area contributed by atoms with Crippen molar-refractivity contribution >= 4 is 12.4 Å². The summed E-state index contributed by atoms with van der Waals surface area (Å²) in [7, 11) is 0. The maximum atomic E-state index is 5.58. The van der Waals surface area contributed by atoms with Crippen LogP contribution in [0.4, 0.5) is 0 Å². The Bertz CT molecular complexity index is 480. The predicted octanol–water partition coefficient (Wildman–Crippen LogP) is 2.37. The van der Waals surface area contributed by atoms with E-state index in [0.29, 0.717) is 0 Å². The van der Waals surface area contributed by atoms with Crippen LogP contribution in [0.3, 0.4) is 0 Å². The fourth-order valence-electron chi connectivity index (χ4n) is 3.76. The van der Waals surface area contributed by atoms with Crippen LogP contribution in [0, 0.1) is 0 Å². The molecule has 2 atom stereocenters. The Morgan fingerprint density at radius 2 is 2.10 bits per heavy atom. The fourth-order valence-corrected chi connectivity index (χ4v) is 3.76. The van der Waals surface area contributed by atoms with Gasteiger partial charge in [-0.3, -0.25) is 4.90 Å². The molecule has 2 fully saturated rings. The maximum Gasteiger partial charge on any atom is 0.122 e. The number of hydrogen-bond acceptors (Lipinski definition) is 3. The zero-order chi connectivity index (χ0) is 12.7. The molecule has 0 spiro atoms. The van der Waals surface area contributed by atoms with Gasteiger partial charge in [-0.15, -0.1) is 12.4 Å². The Morgan fingerprint density at radius 1 is 1.20 bits per heavy atom. The van der Waals surface area contributed by atoms with E-state index in [1.165, 1.54) is 43.5 Å². The summed E-state index contributed by atoms with van der Waals surface area (Å²) in [5, 5.41) is 3.75. The molecule has 0 amide bonds. The minimum atomic E-state index is 0. The zero-order valence-electron chi connectivity index (χ0n) is 11.8. The van der Waals surface area contributed by atoms with Crippen LogP contribution >= 0.6 is 12.4 Å². The van der Waals surface area contributed by atoms with Crippen LogP contribution in [0.2, 0.25) is 0 Å². The average molecular weight is 295 g/mol. The second kappa shape index (κ2) is 5.92. The van der Waals surface area contributed by atoms with Gasteiger partial charge in [-0.05, 0) is 36.5 Å². The van der Waals surface area contributed by atoms with Gasteiger partial charge in [0.2, 0.25) is 0 Å². The van der Waals surface area contributed by atoms with E-state index >= 15 is 0 Å². The van der Waals surface area contributed by atoms with Gasteiger partial charge in [0.25, 0.3) is 0 Å². The Hall–Kier alpha value is -0.770. The minimum Gasteiger partial charge on any atom is -0.493 e. The first-order valence-electron chi connectivity index (χ1n) is 7.60. The molecule has 20 heavy (non-hydrogen) atoms. The van der Waals surface area contributed by atoms with Gasteiger partial charge in [0, 0.05) is 38.1 Å². The largest absolute Gasteiger partial charge is 0.493 e. The number of benzene rings is 1. The molecule has 3 aliphatic heterocycles. The summed E-state index contributed by atoms with van der Waals surface area (Å²) in [5.74, 6) is 1.10. The normalized spacial score (nSPS) is 28.4. The van der Waals surface area contributed by atoms with E-state index in [-0.39, 0.29) is 12.4 Å². The number of nitrogens with zero attached hydrogens (tertiary/aromatic N) is 1. The van der Waals surface area contributed by atoms with Crippen molar-refractivity contribution in [3.8, 4) is 5.75 Å². The first-order valence-corrected chi connectivity index (χ1v) is 7.60. The molecule has 2 unspecified atom stereocenters. The summed E-state index contributed by atoms with van der Waals surface area (Å²) in [4.78, 5) is 2.62. The van der Waals surface area contributed by atoms with Crippen molar-refractivity contribution in [1.82, 2.24) is 10.2 Å². The summed E-state index contributed by atoms with van der Waals surface area (Å²) < 4.78 is 5.58. The highest BCUT2D eigenvalue weighted by atomic mass is 35.5. The number of rotatable bonds is 2. The van der Waals surface area contributed by atoms with E-state index in [1.807, 2.05) is 0 Å². The molecule has 0 saturated carbocycles. The van der Waals surface area contributed by atoms with E-state index in [0.717, 1.165) is 37.4 Å². The first kappa shape index (κ1) is 14.2. The van der Waals surface area contributed by atoms with Crippen molar-refractivity contribution < 1.29 is 4.74 Å². The third kappa shape index (κ3) is 2.80. The molecule has 0 radical (unpaired) electrons. The van der Waals surface area contributed by atoms with Crippen LogP contribution in [0.25, 0.3) is 0 Å². The number of ether oxygens (including phenoxy) is 1. The molecule has 0 aromatic heterocycles. The Morgan fingerprint density at radius 3 is 3.05 bits per heavy atom. The fraction of sp³-hybridized carbons (Fsp3) is 0.625. The van der Waals surface area contributed by atoms with Gasteiger partial charge in [-0.1, -0.05) is 12.1 Å². The highest BCUT2D eigenvalue weighted by molar-refractivity contribution is 5.85. The minimum absolute atomic E-state index is 0. The molecule has 3 aliphatic rings. The number of halogens is 1. The third-order valence-electron chi connectivity index (χ3n) is 4.77. The van der Waals surface area contributed by atoms with E-state index < -0.39 is 0 Å². The topological polar surface area (TPSA) is 24.5 Å². The number of likely N-dealkylation sites (tertiary alicyclic amines) is 1. The van der Waals surface area contributed by atoms with E-state index in [9.17, 15) is 0 Å². The molecule has 3 nitrogen and oxygen atoms in total. The van der Waals surface area contributed by atoms with Crippen molar-refractivity contribution in [2.45, 2.75) is 44.3 Å². The maximum absolute atomic E-state index is 5.58. The van der Waals surface area contributed by atoms with Gasteiger partial charge in [-0.2, -0.15) is 0 Å². The van der Waals surface area contributed by atoms with Crippen molar-refractivity contribution in [3.05, 3.63) is 29.3 Å². The van der Waals surface area contributed by atoms with Crippen LogP contribution in [0.5, 0.6) is 5.75 Å². The molecule has 2 bridgehead atoms. The lowest BCUT2D eigenvalue weighted by atomic mass is 10.1. The Kier molecular flexibility index (Phi) is 4.20. The van der Waals surface area contributed by atoms with Gasteiger partial charge in [0.15, 0.2) is 0 Å². The summed E-state index contributed by atoms with van der Waals surface area (Å²) in [5.41, 5.74) is 2.84. The number of hydrogen-bond donors (Lipinski definition) is 1. The lowest BCUT2D eigenvalue weighted by Crippen LogP contribution is -2.34. The second-order valence-electron chi connectivity index (χ2n) is 6.20. The molecule has 4 heteroatoms. The van der Waals surface area contributed by atoms with Crippen LogP contribution < -0.4 is 10.1 Å². The zero-order valence-corrected chi connectivity index (χ0v) is 12.6. The van der Waals surface area contributed by atoms with Gasteiger partial charge >= 0.3 is 0 Å². The smallest absolute Gasteiger partial charge is 0.122 e. The highest BCUT2D eigenvalue weighted by Gasteiger charge is 2.29. The molecule has 0 aliphatic carbocycles. The summed E-state index contributed by atoms with van der Waals surface area (Å²) >= 11 is 0. The van der Waals surface area contributed by atoms with Crippen molar-refractivity contribution in [2.24, 2.45) is 0 Å². The van der Waals surface area contributed by atoms with Crippen LogP contribution in [0.15, 0.2) is 18.2 Å². The van der Waals surface area contributed by atoms with Crippen LogP contribution in [-0.2, 0) is 13.0 Å². The van der Waals surface area contributed by atoms with Crippen LogP contribution in [0.1, 0.15) is 30.4 Å². The molecule has 1 aromatic carbocycles. The third-order valence-corrected chi connectivity index (χ3v) is 4.77. The lowest BCUT2D eigenvalue weighted by molar-refractivity contribution is 0.251. The van der Waals surface area contributed by atoms with Crippen LogP contribution in [-0.4, -0.2) is 36.7 Å². The van der Waals surface area contributed by atoms with Crippen molar-refractivity contribution in [1.29, 1.82) is 0 Å². The molecule has 1 aromatic rings. The van der Waals surface area contributed by atoms with Crippen molar-refractivity contribution in [3.63, 3.8) is 0 Å². The Balaban J connectivity index is 0.00000121. The highest BCUT2D eigenvalue weighted by Crippen LogP contribution is 2.27. The molecule has 3 heterocycles. The number of nitrogens with one attached hydrogen (secondary N) is 1. The molecule has 110 valence electrons. The summed E-state index contributed by atoms with van der Waals surface area (Å²) in [6, 6.07) is 8.24. The summed E-state index contributed by atoms with van der Waals surface area (Å²) in [6.07, 6.45) is 5.13. The van der Waals surface area contributed by atoms with Gasteiger partial charge < -0.3 is 10.1 Å². The van der Waals surface area contributed by atoms with Crippen molar-refractivity contribution in [2.75, 3.05) is 19.7 Å². The second-order valence-corrected chi connectivity index (χ2v) is 6.20. The molecular weight excluding hydrogens is 272 g/mol. The van der Waals surface area contributed by atoms with Gasteiger partial charge in [0.1, 0.15) is 5.75 Å². The van der Waals surface area contributed by atoms with Gasteiger partial charge in [-0.25, -0.2) is 0 Å². The SMILES string of the molecule is Cl.c1cc2c(cc1CN1CCC3CCC(C1)N3)CCO2. The first-order chi connectivity index (χ1) is 9.37. The lowest BCUT2D eigenvalue weighted by Gasteiger charge is -2.24. The molecule has 4 rings (SSSR count). The van der Waals surface area contributed by atoms with Gasteiger partial charge in [0.05, 0.1) is 6.61 Å². The molecule has 2 saturated heterocycles. The van der Waals surface area contributed by atoms with E-state index in [1.54, 1.807) is 0 Å². The monoisotopic (exact) mass is 294 g/mol. The molecule has 1 N–H and O–H groups in total. The number of fused-ring (bicyclic) bond motifs is 3. The van der Waals surface area contributed by atoms with E-state index in [2.05, 4.69) is 28.4 Å². The summed E-state index contributed by atoms with van der Waals surface area (Å²) in [6.45, 7) is 4.40. The van der Waals surface area contributed by atoms with E-state index in [4.69, 9.17) is 4.74 Å². The quantitative estimate of drug-likeness (QED) is 0.906. The predicted molar refractivity (Wildman–Crippen MR) is 82.7 cm³/mol. The standard InChI is InChI=1S/C16H22N2O.ClH/c1-4-16-13(6-8-19-16)9-12(1)10-18-7-5-14-2-3-15(11-18)17-14;/h1,4,9,14-15,17H,2-3,5-8,10-11H2;1H. The molecular formula is C16H23ClN2O.